The van der Waals surface area contributed by atoms with Crippen LogP contribution in [0.3, 0.4) is 0 Å². The van der Waals surface area contributed by atoms with Gasteiger partial charge in [0.25, 0.3) is 5.91 Å². The number of fused-ring (bicyclic) bond motifs is 1. The number of nitrogens with zero attached hydrogens (tertiary/aromatic N) is 4. The van der Waals surface area contributed by atoms with Crippen LogP contribution in [0.5, 0.6) is 0 Å². The second kappa shape index (κ2) is 10.2. The molecular formula is C24H26N5O5S+. The van der Waals surface area contributed by atoms with Crippen LogP contribution in [-0.2, 0) is 20.7 Å². The Morgan fingerprint density at radius 2 is 1.94 bits per heavy atom. The van der Waals surface area contributed by atoms with Crippen molar-refractivity contribution in [2.24, 2.45) is 5.10 Å². The van der Waals surface area contributed by atoms with Crippen LogP contribution in [0.15, 0.2) is 46.9 Å². The molecule has 0 fully saturated rings. The average Bonchev–Trinajstić information content (AvgIpc) is 3.45. The molecule has 1 unspecified atom stereocenters. The number of hydrogen-bond acceptors (Lipinski definition) is 8. The number of thiophene rings is 1. The Hall–Kier alpha value is -3.86. The van der Waals surface area contributed by atoms with Crippen LogP contribution in [0.25, 0.3) is 0 Å². The standard InChI is InChI=1S/C24H25N5O5S/c1-4-29-20-19(15(2)26-29)28(14-18(30)25-17-11-13-35-21(17)23(32)34-3)24(33)27(22(20)31)12-10-16-8-6-5-7-9-16/h5-9,11,13,20H,4,10,12,14H2,1-3H3/p+1. The van der Waals surface area contributed by atoms with Gasteiger partial charge in [0, 0.05) is 13.0 Å². The number of benzene rings is 1. The smallest absolute Gasteiger partial charge is 0.465 e. The Morgan fingerprint density at radius 1 is 1.20 bits per heavy atom. The summed E-state index contributed by atoms with van der Waals surface area (Å²) >= 11 is 1.14. The van der Waals surface area contributed by atoms with Gasteiger partial charge < -0.3 is 10.1 Å². The molecule has 182 valence electrons. The Morgan fingerprint density at radius 3 is 2.63 bits per heavy atom. The maximum Gasteiger partial charge on any atom is 0.501 e. The highest BCUT2D eigenvalue weighted by Gasteiger charge is 2.54. The third-order valence-corrected chi connectivity index (χ3v) is 6.76. The van der Waals surface area contributed by atoms with E-state index >= 15 is 0 Å². The van der Waals surface area contributed by atoms with Gasteiger partial charge >= 0.3 is 17.9 Å². The maximum absolute atomic E-state index is 13.5. The van der Waals surface area contributed by atoms with Crippen molar-refractivity contribution < 1.29 is 28.5 Å². The van der Waals surface area contributed by atoms with Crippen molar-refractivity contribution in [1.82, 2.24) is 9.91 Å². The highest BCUT2D eigenvalue weighted by molar-refractivity contribution is 7.12. The van der Waals surface area contributed by atoms with Gasteiger partial charge in [-0.2, -0.15) is 19.4 Å². The van der Waals surface area contributed by atoms with E-state index < -0.39 is 23.9 Å². The molecule has 1 aromatic carbocycles. The molecule has 0 spiro atoms. The molecular weight excluding hydrogens is 470 g/mol. The van der Waals surface area contributed by atoms with E-state index in [1.165, 1.54) is 16.6 Å². The van der Waals surface area contributed by atoms with E-state index in [4.69, 9.17) is 4.74 Å². The zero-order valence-electron chi connectivity index (χ0n) is 19.7. The summed E-state index contributed by atoms with van der Waals surface area (Å²) in [6, 6.07) is 9.82. The molecule has 0 saturated heterocycles. The topological polar surface area (TPSA) is 111 Å². The average molecular weight is 497 g/mol. The van der Waals surface area contributed by atoms with E-state index in [0.29, 0.717) is 30.1 Å². The molecule has 1 N–H and O–H groups in total. The fourth-order valence-electron chi connectivity index (χ4n) is 4.21. The van der Waals surface area contributed by atoms with Crippen LogP contribution < -0.4 is 5.32 Å². The minimum absolute atomic E-state index is 0.178. The monoisotopic (exact) mass is 496 g/mol. The highest BCUT2D eigenvalue weighted by atomic mass is 32.1. The second-order valence-corrected chi connectivity index (χ2v) is 8.94. The summed E-state index contributed by atoms with van der Waals surface area (Å²) in [5, 5.41) is 10.4. The van der Waals surface area contributed by atoms with Gasteiger partial charge in [-0.25, -0.2) is 9.59 Å². The van der Waals surface area contributed by atoms with Crippen molar-refractivity contribution in [3.05, 3.63) is 52.2 Å². The van der Waals surface area contributed by atoms with Gasteiger partial charge in [0.15, 0.2) is 12.3 Å². The number of hydrogen-bond donors (Lipinski definition) is 1. The fraction of sp³-hybridized carbons (Fsp3) is 0.333. The first-order valence-electron chi connectivity index (χ1n) is 11.2. The number of rotatable bonds is 8. The first-order chi connectivity index (χ1) is 16.8. The van der Waals surface area contributed by atoms with Crippen LogP contribution in [-0.4, -0.2) is 82.5 Å². The van der Waals surface area contributed by atoms with Crippen LogP contribution >= 0.6 is 11.3 Å². The molecule has 0 radical (unpaired) electrons. The molecule has 1 aromatic heterocycles. The summed E-state index contributed by atoms with van der Waals surface area (Å²) < 4.78 is 6.06. The Labute approximate surface area is 206 Å². The number of imide groups is 1. The number of nitrogens with one attached hydrogen (secondary N) is 1. The number of likely N-dealkylation sites (N-methyl/N-ethyl adjacent to an activating group) is 1. The van der Waals surface area contributed by atoms with Crippen LogP contribution in [0.1, 0.15) is 29.1 Å². The molecule has 0 saturated carbocycles. The van der Waals surface area contributed by atoms with E-state index in [1.54, 1.807) is 23.4 Å². The first-order valence-corrected chi connectivity index (χ1v) is 12.0. The predicted octanol–water partition coefficient (Wildman–Crippen LogP) is 2.21. The molecule has 2 aliphatic heterocycles. The predicted molar refractivity (Wildman–Crippen MR) is 131 cm³/mol. The fourth-order valence-corrected chi connectivity index (χ4v) is 4.97. The maximum atomic E-state index is 13.5. The van der Waals surface area contributed by atoms with Gasteiger partial charge in [-0.15, -0.1) is 11.3 Å². The minimum atomic E-state index is -0.770. The zero-order valence-corrected chi connectivity index (χ0v) is 20.5. The summed E-state index contributed by atoms with van der Waals surface area (Å²) in [5.74, 6) is -1.42. The van der Waals surface area contributed by atoms with Crippen molar-refractivity contribution in [3.63, 3.8) is 0 Å². The van der Waals surface area contributed by atoms with E-state index in [2.05, 4.69) is 10.4 Å². The Kier molecular flexibility index (Phi) is 7.06. The molecule has 0 aliphatic carbocycles. The number of urea groups is 1. The van der Waals surface area contributed by atoms with Gasteiger partial charge in [0.1, 0.15) is 17.1 Å². The van der Waals surface area contributed by atoms with Crippen LogP contribution in [0, 0.1) is 0 Å². The van der Waals surface area contributed by atoms with E-state index in [1.807, 2.05) is 37.3 Å². The summed E-state index contributed by atoms with van der Waals surface area (Å²) in [6.07, 6.45) is 0.490. The first kappa shape index (κ1) is 24.3. The molecule has 35 heavy (non-hydrogen) atoms. The van der Waals surface area contributed by atoms with Crippen molar-refractivity contribution in [3.8, 4) is 0 Å². The molecule has 4 rings (SSSR count). The number of anilines is 1. The lowest BCUT2D eigenvalue weighted by Crippen LogP contribution is -2.61. The number of ether oxygens (including phenoxy) is 1. The third kappa shape index (κ3) is 4.72. The third-order valence-electron chi connectivity index (χ3n) is 5.86. The minimum Gasteiger partial charge on any atom is -0.465 e. The van der Waals surface area contributed by atoms with Gasteiger partial charge in [-0.05, 0) is 30.9 Å². The lowest BCUT2D eigenvalue weighted by Gasteiger charge is -2.28. The second-order valence-electron chi connectivity index (χ2n) is 8.03. The molecule has 4 amide bonds. The number of methoxy groups -OCH3 is 1. The van der Waals surface area contributed by atoms with E-state index in [0.717, 1.165) is 16.9 Å². The van der Waals surface area contributed by atoms with Crippen LogP contribution in [0.2, 0.25) is 0 Å². The molecule has 2 aliphatic rings. The summed E-state index contributed by atoms with van der Waals surface area (Å²) in [5.41, 5.74) is 2.22. The van der Waals surface area contributed by atoms with Gasteiger partial charge in [-0.1, -0.05) is 30.3 Å². The quantitative estimate of drug-likeness (QED) is 0.443. The molecule has 10 nitrogen and oxygen atoms in total. The highest BCUT2D eigenvalue weighted by Crippen LogP contribution is 2.24. The van der Waals surface area contributed by atoms with Gasteiger partial charge in [0.2, 0.25) is 6.04 Å². The number of hydrazone groups is 1. The van der Waals surface area contributed by atoms with E-state index in [-0.39, 0.29) is 23.9 Å². The Balaban J connectivity index is 1.61. The molecule has 11 heteroatoms. The number of carbonyl (C=O) groups excluding carboxylic acids is 4. The van der Waals surface area contributed by atoms with Gasteiger partial charge in [-0.3, -0.25) is 9.80 Å². The van der Waals surface area contributed by atoms with Gasteiger partial charge in [0.05, 0.1) is 12.8 Å². The largest absolute Gasteiger partial charge is 0.501 e. The summed E-state index contributed by atoms with van der Waals surface area (Å²) in [7, 11) is 1.26. The SMILES string of the molecule is CCN1N=C(C)C2=[N+](CC(=O)Nc3ccsc3C(=O)OC)C(=O)N(CCc3ccccc3)C(=O)C21. The normalized spacial score (nSPS) is 17.5. The molecule has 1 atom stereocenters. The summed E-state index contributed by atoms with van der Waals surface area (Å²) in [6.45, 7) is 3.91. The summed E-state index contributed by atoms with van der Waals surface area (Å²) in [4.78, 5) is 53.2. The molecule has 0 bridgehead atoms. The number of carbonyl (C=O) groups is 4. The van der Waals surface area contributed by atoms with E-state index in [9.17, 15) is 19.2 Å². The van der Waals surface area contributed by atoms with Crippen LogP contribution in [0.4, 0.5) is 10.5 Å². The zero-order chi connectivity index (χ0) is 25.1. The Bertz CT molecular complexity index is 1240. The number of esters is 1. The lowest BCUT2D eigenvalue weighted by atomic mass is 10.0. The number of amides is 4. The molecule has 2 aromatic rings. The lowest BCUT2D eigenvalue weighted by molar-refractivity contribution is -0.426. The van der Waals surface area contributed by atoms with Crippen molar-refractivity contribution in [2.75, 3.05) is 32.1 Å². The van der Waals surface area contributed by atoms with Crippen molar-refractivity contribution >= 4 is 52.3 Å². The van der Waals surface area contributed by atoms with Crippen molar-refractivity contribution in [2.45, 2.75) is 26.3 Å². The van der Waals surface area contributed by atoms with Crippen molar-refractivity contribution in [1.29, 1.82) is 0 Å². The molecule has 3 heterocycles.